The van der Waals surface area contributed by atoms with Crippen molar-refractivity contribution >= 4 is 27.3 Å². The van der Waals surface area contributed by atoms with Gasteiger partial charge in [0.25, 0.3) is 10.0 Å². The third-order valence-electron chi connectivity index (χ3n) is 3.65. The third-order valence-corrected chi connectivity index (χ3v) is 5.70. The number of halogens is 1. The van der Waals surface area contributed by atoms with Gasteiger partial charge < -0.3 is 5.11 Å². The molecule has 21 heavy (non-hydrogen) atoms. The van der Waals surface area contributed by atoms with Crippen LogP contribution in [0.5, 0.6) is 0 Å². The number of aliphatic hydroxyl groups is 1. The molecular weight excluding hydrogens is 310 g/mol. The van der Waals surface area contributed by atoms with Gasteiger partial charge in [0.2, 0.25) is 0 Å². The van der Waals surface area contributed by atoms with Crippen LogP contribution in [0.1, 0.15) is 11.5 Å². The number of hydrogen-bond donors (Lipinski definition) is 1. The predicted molar refractivity (Wildman–Crippen MR) is 82.3 cm³/mol. The Kier molecular flexibility index (Phi) is 3.65. The Labute approximate surface area is 128 Å². The van der Waals surface area contributed by atoms with Gasteiger partial charge in [0.05, 0.1) is 17.2 Å². The molecule has 4 nitrogen and oxygen atoms in total. The molecule has 0 spiro atoms. The molecule has 3 rings (SSSR count). The largest absolute Gasteiger partial charge is 0.396 e. The van der Waals surface area contributed by atoms with Gasteiger partial charge in [-0.2, -0.15) is 0 Å². The van der Waals surface area contributed by atoms with Crippen molar-refractivity contribution in [2.75, 3.05) is 17.5 Å². The van der Waals surface area contributed by atoms with E-state index in [4.69, 9.17) is 11.6 Å². The molecule has 1 aliphatic heterocycles. The van der Waals surface area contributed by atoms with E-state index >= 15 is 0 Å². The molecule has 2 aromatic rings. The van der Waals surface area contributed by atoms with E-state index in [9.17, 15) is 13.5 Å². The van der Waals surface area contributed by atoms with Crippen LogP contribution in [-0.4, -0.2) is 26.7 Å². The molecule has 110 valence electrons. The van der Waals surface area contributed by atoms with Gasteiger partial charge in [-0.3, -0.25) is 4.31 Å². The van der Waals surface area contributed by atoms with E-state index in [1.54, 1.807) is 24.3 Å². The molecule has 2 aromatic carbocycles. The fourth-order valence-corrected chi connectivity index (χ4v) is 4.24. The predicted octanol–water partition coefficient (Wildman–Crippen LogP) is 2.62. The van der Waals surface area contributed by atoms with Crippen LogP contribution >= 0.6 is 11.6 Å². The minimum absolute atomic E-state index is 0.0797. The fourth-order valence-electron chi connectivity index (χ4n) is 2.57. The molecule has 1 heterocycles. The second-order valence-corrected chi connectivity index (χ2v) is 7.23. The molecule has 1 atom stereocenters. The molecule has 0 aromatic heterocycles. The van der Waals surface area contributed by atoms with Crippen molar-refractivity contribution in [3.05, 3.63) is 59.1 Å². The number of aliphatic hydroxyl groups excluding tert-OH is 1. The Morgan fingerprint density at radius 2 is 1.81 bits per heavy atom. The summed E-state index contributed by atoms with van der Waals surface area (Å²) in [6, 6.07) is 13.4. The number of rotatable bonds is 3. The number of fused-ring (bicyclic) bond motifs is 1. The van der Waals surface area contributed by atoms with E-state index in [1.807, 2.05) is 12.1 Å². The number of para-hydroxylation sites is 1. The van der Waals surface area contributed by atoms with Crippen LogP contribution in [0, 0.1) is 0 Å². The normalized spacial score (nSPS) is 17.8. The van der Waals surface area contributed by atoms with Crippen molar-refractivity contribution in [2.45, 2.75) is 10.8 Å². The molecular formula is C15H14ClNO3S. The first-order valence-corrected chi connectivity index (χ1v) is 8.34. The van der Waals surface area contributed by atoms with E-state index < -0.39 is 10.0 Å². The summed E-state index contributed by atoms with van der Waals surface area (Å²) in [4.78, 5) is 0.195. The maximum absolute atomic E-state index is 12.8. The van der Waals surface area contributed by atoms with Crippen molar-refractivity contribution in [1.82, 2.24) is 0 Å². The lowest BCUT2D eigenvalue weighted by molar-refractivity contribution is 0.272. The number of anilines is 1. The Morgan fingerprint density at radius 1 is 1.14 bits per heavy atom. The first-order chi connectivity index (χ1) is 10.0. The number of benzene rings is 2. The average molecular weight is 324 g/mol. The lowest BCUT2D eigenvalue weighted by Crippen LogP contribution is -2.30. The van der Waals surface area contributed by atoms with Crippen LogP contribution in [0.25, 0.3) is 0 Å². The first-order valence-electron chi connectivity index (χ1n) is 6.52. The van der Waals surface area contributed by atoms with Crippen molar-refractivity contribution in [1.29, 1.82) is 0 Å². The maximum atomic E-state index is 12.8. The van der Waals surface area contributed by atoms with Gasteiger partial charge in [-0.15, -0.1) is 0 Å². The Bertz CT molecular complexity index is 759. The van der Waals surface area contributed by atoms with Gasteiger partial charge in [-0.05, 0) is 35.9 Å². The quantitative estimate of drug-likeness (QED) is 0.944. The number of hydrogen-bond acceptors (Lipinski definition) is 3. The first kappa shape index (κ1) is 14.4. The van der Waals surface area contributed by atoms with E-state index in [-0.39, 0.29) is 24.0 Å². The average Bonchev–Trinajstić information content (AvgIpc) is 2.87. The summed E-state index contributed by atoms with van der Waals surface area (Å²) in [6.07, 6.45) is 0. The topological polar surface area (TPSA) is 57.6 Å². The summed E-state index contributed by atoms with van der Waals surface area (Å²) in [5.41, 5.74) is 1.49. The minimum atomic E-state index is -3.65. The van der Waals surface area contributed by atoms with Gasteiger partial charge in [0, 0.05) is 17.5 Å². The minimum Gasteiger partial charge on any atom is -0.396 e. The Morgan fingerprint density at radius 3 is 2.48 bits per heavy atom. The SMILES string of the molecule is O=S(=O)(c1ccc(Cl)cc1)N1CC(CO)c2ccccc21. The highest BCUT2D eigenvalue weighted by molar-refractivity contribution is 7.92. The van der Waals surface area contributed by atoms with E-state index in [0.29, 0.717) is 10.7 Å². The number of nitrogens with zero attached hydrogens (tertiary/aromatic N) is 1. The van der Waals surface area contributed by atoms with Crippen LogP contribution in [0.4, 0.5) is 5.69 Å². The zero-order valence-electron chi connectivity index (χ0n) is 11.1. The van der Waals surface area contributed by atoms with E-state index in [1.165, 1.54) is 16.4 Å². The summed E-state index contributed by atoms with van der Waals surface area (Å²) < 4.78 is 26.9. The van der Waals surface area contributed by atoms with Crippen molar-refractivity contribution in [3.8, 4) is 0 Å². The summed E-state index contributed by atoms with van der Waals surface area (Å²) in [5, 5.41) is 9.95. The monoisotopic (exact) mass is 323 g/mol. The molecule has 0 saturated carbocycles. The molecule has 0 fully saturated rings. The molecule has 1 N–H and O–H groups in total. The highest BCUT2D eigenvalue weighted by Gasteiger charge is 2.35. The lowest BCUT2D eigenvalue weighted by atomic mass is 10.0. The molecule has 1 aliphatic rings. The van der Waals surface area contributed by atoms with Gasteiger partial charge in [-0.25, -0.2) is 8.42 Å². The van der Waals surface area contributed by atoms with Crippen molar-refractivity contribution < 1.29 is 13.5 Å². The Balaban J connectivity index is 2.07. The van der Waals surface area contributed by atoms with Crippen LogP contribution in [0.3, 0.4) is 0 Å². The zero-order valence-corrected chi connectivity index (χ0v) is 12.7. The molecule has 0 radical (unpaired) electrons. The molecule has 0 aliphatic carbocycles. The lowest BCUT2D eigenvalue weighted by Gasteiger charge is -2.20. The van der Waals surface area contributed by atoms with Crippen LogP contribution in [0.15, 0.2) is 53.4 Å². The van der Waals surface area contributed by atoms with Gasteiger partial charge in [0.15, 0.2) is 0 Å². The summed E-state index contributed by atoms with van der Waals surface area (Å²) in [5.74, 6) is -0.191. The molecule has 0 amide bonds. The van der Waals surface area contributed by atoms with Crippen LogP contribution in [-0.2, 0) is 10.0 Å². The molecule has 0 bridgehead atoms. The van der Waals surface area contributed by atoms with Gasteiger partial charge in [0.1, 0.15) is 0 Å². The smallest absolute Gasteiger partial charge is 0.264 e. The summed E-state index contributed by atoms with van der Waals surface area (Å²) >= 11 is 5.81. The van der Waals surface area contributed by atoms with Gasteiger partial charge >= 0.3 is 0 Å². The Hall–Kier alpha value is -1.56. The van der Waals surface area contributed by atoms with Crippen molar-refractivity contribution in [3.63, 3.8) is 0 Å². The fraction of sp³-hybridized carbons (Fsp3) is 0.200. The van der Waals surface area contributed by atoms with E-state index in [0.717, 1.165) is 5.56 Å². The maximum Gasteiger partial charge on any atom is 0.264 e. The van der Waals surface area contributed by atoms with E-state index in [2.05, 4.69) is 0 Å². The second kappa shape index (κ2) is 5.33. The van der Waals surface area contributed by atoms with Gasteiger partial charge in [-0.1, -0.05) is 29.8 Å². The van der Waals surface area contributed by atoms with Crippen molar-refractivity contribution in [2.24, 2.45) is 0 Å². The zero-order chi connectivity index (χ0) is 15.0. The standard InChI is InChI=1S/C15H14ClNO3S/c16-12-5-7-13(8-6-12)21(19,20)17-9-11(10-18)14-3-1-2-4-15(14)17/h1-8,11,18H,9-10H2. The number of sulfonamides is 1. The summed E-state index contributed by atoms with van der Waals surface area (Å²) in [6.45, 7) is 0.171. The summed E-state index contributed by atoms with van der Waals surface area (Å²) in [7, 11) is -3.65. The third kappa shape index (κ3) is 2.41. The highest BCUT2D eigenvalue weighted by atomic mass is 35.5. The van der Waals surface area contributed by atoms with Crippen LogP contribution < -0.4 is 4.31 Å². The molecule has 0 saturated heterocycles. The van der Waals surface area contributed by atoms with Crippen LogP contribution in [0.2, 0.25) is 5.02 Å². The highest BCUT2D eigenvalue weighted by Crippen LogP contribution is 2.39. The second-order valence-electron chi connectivity index (χ2n) is 4.93. The molecule has 6 heteroatoms. The molecule has 1 unspecified atom stereocenters.